The van der Waals surface area contributed by atoms with E-state index in [0.29, 0.717) is 6.54 Å². The minimum atomic E-state index is 0.173. The van der Waals surface area contributed by atoms with Crippen LogP contribution in [0.1, 0.15) is 5.69 Å². The summed E-state index contributed by atoms with van der Waals surface area (Å²) in [7, 11) is 1.84. The van der Waals surface area contributed by atoms with Crippen LogP contribution in [-0.4, -0.2) is 47.5 Å². The van der Waals surface area contributed by atoms with Gasteiger partial charge in [0.1, 0.15) is 0 Å². The molecule has 0 bridgehead atoms. The number of carbonyl (C=O) groups excluding carboxylic acids is 1. The van der Waals surface area contributed by atoms with Crippen molar-refractivity contribution in [1.82, 2.24) is 20.2 Å². The molecule has 16 heavy (non-hydrogen) atoms. The molecule has 2 heterocycles. The van der Waals surface area contributed by atoms with Crippen LogP contribution in [-0.2, 0) is 11.2 Å². The zero-order chi connectivity index (χ0) is 11.4. The van der Waals surface area contributed by atoms with Gasteiger partial charge < -0.3 is 10.2 Å². The van der Waals surface area contributed by atoms with Crippen molar-refractivity contribution in [3.05, 3.63) is 24.3 Å². The number of amides is 1. The molecule has 5 heteroatoms. The van der Waals surface area contributed by atoms with Gasteiger partial charge in [0.2, 0.25) is 5.91 Å². The molecule has 0 saturated carbocycles. The fourth-order valence-corrected chi connectivity index (χ4v) is 1.63. The van der Waals surface area contributed by atoms with E-state index in [4.69, 9.17) is 0 Å². The maximum absolute atomic E-state index is 11.8. The van der Waals surface area contributed by atoms with E-state index in [2.05, 4.69) is 15.3 Å². The van der Waals surface area contributed by atoms with E-state index in [1.165, 1.54) is 0 Å². The number of hydrogen-bond donors (Lipinski definition) is 1. The molecule has 0 aromatic carbocycles. The standard InChI is InChI=1S/C11H16N4O/c1-15(11(16)9-6-13-7-9)5-2-10-8-12-3-4-14-10/h3-4,8-9,13H,2,5-7H2,1H3. The molecular formula is C11H16N4O. The Hall–Kier alpha value is -1.49. The third-order valence-electron chi connectivity index (χ3n) is 2.83. The summed E-state index contributed by atoms with van der Waals surface area (Å²) in [4.78, 5) is 21.7. The van der Waals surface area contributed by atoms with Crippen molar-refractivity contribution in [3.63, 3.8) is 0 Å². The molecular weight excluding hydrogens is 204 g/mol. The van der Waals surface area contributed by atoms with Crippen molar-refractivity contribution in [2.75, 3.05) is 26.7 Å². The van der Waals surface area contributed by atoms with Gasteiger partial charge in [-0.15, -0.1) is 0 Å². The molecule has 0 atom stereocenters. The lowest BCUT2D eigenvalue weighted by molar-refractivity contribution is -0.135. The SMILES string of the molecule is CN(CCc1cnccn1)C(=O)C1CNC1. The Morgan fingerprint density at radius 1 is 1.56 bits per heavy atom. The van der Waals surface area contributed by atoms with Crippen LogP contribution in [0.4, 0.5) is 0 Å². The number of nitrogens with zero attached hydrogens (tertiary/aromatic N) is 3. The molecule has 0 unspecified atom stereocenters. The summed E-state index contributed by atoms with van der Waals surface area (Å²) in [6.07, 6.45) is 5.82. The first kappa shape index (κ1) is 11.0. The molecule has 1 aliphatic heterocycles. The summed E-state index contributed by atoms with van der Waals surface area (Å²) in [5.74, 6) is 0.398. The molecule has 2 rings (SSSR count). The maximum Gasteiger partial charge on any atom is 0.228 e. The number of hydrogen-bond acceptors (Lipinski definition) is 4. The van der Waals surface area contributed by atoms with Crippen molar-refractivity contribution in [2.45, 2.75) is 6.42 Å². The highest BCUT2D eigenvalue weighted by Crippen LogP contribution is 2.07. The first-order valence-corrected chi connectivity index (χ1v) is 5.48. The second-order valence-corrected chi connectivity index (χ2v) is 4.06. The molecule has 1 aromatic heterocycles. The summed E-state index contributed by atoms with van der Waals surface area (Å²) in [5, 5.41) is 3.10. The first-order valence-electron chi connectivity index (χ1n) is 5.48. The van der Waals surface area contributed by atoms with Gasteiger partial charge in [-0.2, -0.15) is 0 Å². The Kier molecular flexibility index (Phi) is 3.46. The van der Waals surface area contributed by atoms with Gasteiger partial charge in [-0.05, 0) is 0 Å². The Morgan fingerprint density at radius 3 is 2.94 bits per heavy atom. The highest BCUT2D eigenvalue weighted by atomic mass is 16.2. The van der Waals surface area contributed by atoms with E-state index >= 15 is 0 Å². The van der Waals surface area contributed by atoms with Gasteiger partial charge in [0, 0.05) is 51.7 Å². The fourth-order valence-electron chi connectivity index (χ4n) is 1.63. The van der Waals surface area contributed by atoms with Gasteiger partial charge in [-0.3, -0.25) is 14.8 Å². The summed E-state index contributed by atoms with van der Waals surface area (Å²) in [6, 6.07) is 0. The van der Waals surface area contributed by atoms with Crippen LogP contribution >= 0.6 is 0 Å². The number of carbonyl (C=O) groups is 1. The zero-order valence-electron chi connectivity index (χ0n) is 9.39. The van der Waals surface area contributed by atoms with Crippen LogP contribution in [0.3, 0.4) is 0 Å². The third-order valence-corrected chi connectivity index (χ3v) is 2.83. The van der Waals surface area contributed by atoms with E-state index in [9.17, 15) is 4.79 Å². The van der Waals surface area contributed by atoms with E-state index < -0.39 is 0 Å². The molecule has 0 aliphatic carbocycles. The normalized spacial score (nSPS) is 15.6. The van der Waals surface area contributed by atoms with E-state index in [-0.39, 0.29) is 11.8 Å². The number of nitrogens with one attached hydrogen (secondary N) is 1. The van der Waals surface area contributed by atoms with Gasteiger partial charge in [0.25, 0.3) is 0 Å². The smallest absolute Gasteiger partial charge is 0.228 e. The monoisotopic (exact) mass is 220 g/mol. The van der Waals surface area contributed by atoms with Crippen LogP contribution in [0.5, 0.6) is 0 Å². The molecule has 1 fully saturated rings. The van der Waals surface area contributed by atoms with Crippen LogP contribution < -0.4 is 5.32 Å². The second-order valence-electron chi connectivity index (χ2n) is 4.06. The number of rotatable bonds is 4. The fraction of sp³-hybridized carbons (Fsp3) is 0.545. The van der Waals surface area contributed by atoms with Crippen LogP contribution in [0.2, 0.25) is 0 Å². The van der Waals surface area contributed by atoms with Crippen molar-refractivity contribution in [3.8, 4) is 0 Å². The highest BCUT2D eigenvalue weighted by molar-refractivity contribution is 5.79. The second kappa shape index (κ2) is 5.03. The Balaban J connectivity index is 1.79. The van der Waals surface area contributed by atoms with Crippen LogP contribution in [0, 0.1) is 5.92 Å². The van der Waals surface area contributed by atoms with Gasteiger partial charge in [0.15, 0.2) is 0 Å². The average molecular weight is 220 g/mol. The number of aromatic nitrogens is 2. The van der Waals surface area contributed by atoms with E-state index in [1.807, 2.05) is 7.05 Å². The van der Waals surface area contributed by atoms with E-state index in [1.54, 1.807) is 23.5 Å². The minimum absolute atomic E-state index is 0.173. The average Bonchev–Trinajstić information content (AvgIpc) is 2.25. The van der Waals surface area contributed by atoms with Gasteiger partial charge in [-0.1, -0.05) is 0 Å². The Morgan fingerprint density at radius 2 is 2.38 bits per heavy atom. The molecule has 1 N–H and O–H groups in total. The van der Waals surface area contributed by atoms with Gasteiger partial charge >= 0.3 is 0 Å². The molecule has 1 aliphatic rings. The van der Waals surface area contributed by atoms with Crippen LogP contribution in [0.15, 0.2) is 18.6 Å². The Bertz CT molecular complexity index is 350. The predicted molar refractivity (Wildman–Crippen MR) is 59.7 cm³/mol. The topological polar surface area (TPSA) is 58.1 Å². The first-order chi connectivity index (χ1) is 7.77. The number of likely N-dealkylation sites (N-methyl/N-ethyl adjacent to an activating group) is 1. The lowest BCUT2D eigenvalue weighted by Gasteiger charge is -2.30. The summed E-state index contributed by atoms with van der Waals surface area (Å²) < 4.78 is 0. The van der Waals surface area contributed by atoms with Crippen molar-refractivity contribution >= 4 is 5.91 Å². The lowest BCUT2D eigenvalue weighted by Crippen LogP contribution is -2.51. The quantitative estimate of drug-likeness (QED) is 0.756. The summed E-state index contributed by atoms with van der Waals surface area (Å²) in [5.41, 5.74) is 0.925. The van der Waals surface area contributed by atoms with Crippen molar-refractivity contribution in [2.24, 2.45) is 5.92 Å². The third kappa shape index (κ3) is 2.55. The van der Waals surface area contributed by atoms with Crippen molar-refractivity contribution < 1.29 is 4.79 Å². The van der Waals surface area contributed by atoms with Gasteiger partial charge in [-0.25, -0.2) is 0 Å². The molecule has 5 nitrogen and oxygen atoms in total. The van der Waals surface area contributed by atoms with Crippen LogP contribution in [0.25, 0.3) is 0 Å². The molecule has 1 amide bonds. The summed E-state index contributed by atoms with van der Waals surface area (Å²) in [6.45, 7) is 2.33. The largest absolute Gasteiger partial charge is 0.345 e. The maximum atomic E-state index is 11.8. The summed E-state index contributed by atoms with van der Waals surface area (Å²) >= 11 is 0. The molecule has 86 valence electrons. The molecule has 0 radical (unpaired) electrons. The highest BCUT2D eigenvalue weighted by Gasteiger charge is 2.27. The predicted octanol–water partition coefficient (Wildman–Crippen LogP) is -0.303. The molecule has 1 aromatic rings. The van der Waals surface area contributed by atoms with Crippen molar-refractivity contribution in [1.29, 1.82) is 0 Å². The zero-order valence-corrected chi connectivity index (χ0v) is 9.39. The van der Waals surface area contributed by atoms with Gasteiger partial charge in [0.05, 0.1) is 11.6 Å². The lowest BCUT2D eigenvalue weighted by atomic mass is 10.0. The van der Waals surface area contributed by atoms with E-state index in [0.717, 1.165) is 25.2 Å². The molecule has 0 spiro atoms. The minimum Gasteiger partial charge on any atom is -0.345 e. The molecule has 1 saturated heterocycles. The Labute approximate surface area is 94.9 Å².